The van der Waals surface area contributed by atoms with Crippen LogP contribution in [0.4, 0.5) is 0 Å². The third-order valence-corrected chi connectivity index (χ3v) is 11.0. The number of ketones is 1. The van der Waals surface area contributed by atoms with Crippen molar-refractivity contribution in [3.8, 4) is 0 Å². The number of carbonyl (C=O) groups is 1. The molecule has 0 aromatic carbocycles. The van der Waals surface area contributed by atoms with Crippen LogP contribution in [-0.2, 0) is 11.3 Å². The second kappa shape index (κ2) is 7.40. The van der Waals surface area contributed by atoms with E-state index in [4.69, 9.17) is 0 Å². The maximum atomic E-state index is 13.6. The van der Waals surface area contributed by atoms with Crippen molar-refractivity contribution >= 4 is 16.7 Å². The molecule has 4 aliphatic carbocycles. The number of fused-ring (bicyclic) bond motifs is 6. The fourth-order valence-corrected chi connectivity index (χ4v) is 9.27. The molecule has 0 N–H and O–H groups in total. The lowest BCUT2D eigenvalue weighted by Crippen LogP contribution is -2.53. The highest BCUT2D eigenvalue weighted by Crippen LogP contribution is 2.67. The van der Waals surface area contributed by atoms with E-state index in [1.165, 1.54) is 51.4 Å². The van der Waals surface area contributed by atoms with E-state index in [1.807, 2.05) is 16.9 Å². The Labute approximate surface area is 192 Å². The summed E-state index contributed by atoms with van der Waals surface area (Å²) in [6, 6.07) is 1.97. The first-order chi connectivity index (χ1) is 15.4. The van der Waals surface area contributed by atoms with E-state index in [1.54, 1.807) is 12.4 Å². The van der Waals surface area contributed by atoms with E-state index in [-0.39, 0.29) is 11.3 Å². The molecule has 172 valence electrons. The summed E-state index contributed by atoms with van der Waals surface area (Å²) >= 11 is 0. The number of rotatable bonds is 3. The van der Waals surface area contributed by atoms with Crippen LogP contribution < -0.4 is 0 Å². The summed E-state index contributed by atoms with van der Waals surface area (Å²) in [5.74, 6) is 4.95. The van der Waals surface area contributed by atoms with E-state index in [0.717, 1.165) is 46.9 Å². The first-order valence-corrected chi connectivity index (χ1v) is 13.2. The van der Waals surface area contributed by atoms with Crippen molar-refractivity contribution in [2.24, 2.45) is 46.3 Å². The lowest BCUT2D eigenvalue weighted by molar-refractivity contribution is -0.137. The highest BCUT2D eigenvalue weighted by molar-refractivity contribution is 5.83. The molecule has 32 heavy (non-hydrogen) atoms. The zero-order valence-corrected chi connectivity index (χ0v) is 20.1. The van der Waals surface area contributed by atoms with E-state index in [2.05, 4.69) is 30.9 Å². The zero-order chi connectivity index (χ0) is 22.1. The Morgan fingerprint density at radius 3 is 2.72 bits per heavy atom. The molecule has 0 spiro atoms. The van der Waals surface area contributed by atoms with Crippen LogP contribution in [0.2, 0.25) is 0 Å². The van der Waals surface area contributed by atoms with Gasteiger partial charge in [-0.15, -0.1) is 0 Å². The van der Waals surface area contributed by atoms with E-state index < -0.39 is 0 Å². The lowest BCUT2D eigenvalue weighted by atomic mass is 9.44. The molecule has 4 aliphatic rings. The van der Waals surface area contributed by atoms with Crippen LogP contribution in [0.1, 0.15) is 78.6 Å². The Morgan fingerprint density at radius 1 is 1.06 bits per heavy atom. The first kappa shape index (κ1) is 20.9. The monoisotopic (exact) mass is 433 g/mol. The maximum absolute atomic E-state index is 13.6. The molecule has 6 rings (SSSR count). The molecule has 4 saturated carbocycles. The van der Waals surface area contributed by atoms with Gasteiger partial charge in [-0.2, -0.15) is 5.10 Å². The van der Waals surface area contributed by atoms with Gasteiger partial charge in [0, 0.05) is 23.7 Å². The number of Topliss-reactive ketones (excluding diaryl/α,β-unsaturated/α-hetero) is 1. The largest absolute Gasteiger partial charge is 0.297 e. The van der Waals surface area contributed by atoms with Crippen molar-refractivity contribution in [1.82, 2.24) is 14.8 Å². The molecular weight excluding hydrogens is 394 g/mol. The van der Waals surface area contributed by atoms with Crippen LogP contribution in [0.15, 0.2) is 24.7 Å². The van der Waals surface area contributed by atoms with Crippen LogP contribution in [-0.4, -0.2) is 20.5 Å². The summed E-state index contributed by atoms with van der Waals surface area (Å²) < 4.78 is 1.85. The van der Waals surface area contributed by atoms with Gasteiger partial charge in [0.25, 0.3) is 0 Å². The zero-order valence-electron chi connectivity index (χ0n) is 20.1. The van der Waals surface area contributed by atoms with Crippen molar-refractivity contribution in [1.29, 1.82) is 0 Å². The van der Waals surface area contributed by atoms with Gasteiger partial charge in [-0.05, 0) is 97.9 Å². The topological polar surface area (TPSA) is 47.8 Å². The van der Waals surface area contributed by atoms with Gasteiger partial charge in [0.1, 0.15) is 5.52 Å². The molecule has 4 heteroatoms. The van der Waals surface area contributed by atoms with Crippen LogP contribution >= 0.6 is 0 Å². The highest BCUT2D eigenvalue weighted by Gasteiger charge is 2.60. The molecule has 2 aromatic rings. The van der Waals surface area contributed by atoms with Crippen molar-refractivity contribution < 1.29 is 4.79 Å². The Hall–Kier alpha value is -1.71. The van der Waals surface area contributed by atoms with Crippen molar-refractivity contribution in [3.05, 3.63) is 24.7 Å². The molecule has 4 nitrogen and oxygen atoms in total. The van der Waals surface area contributed by atoms with Gasteiger partial charge >= 0.3 is 0 Å². The Morgan fingerprint density at radius 2 is 1.88 bits per heavy atom. The minimum absolute atomic E-state index is 0.192. The Bertz CT molecular complexity index is 996. The molecule has 0 saturated heterocycles. The Kier molecular flexibility index (Phi) is 4.82. The average Bonchev–Trinajstić information content (AvgIpc) is 3.34. The molecule has 7 unspecified atom stereocenters. The molecule has 4 fully saturated rings. The number of pyridine rings is 1. The first-order valence-electron chi connectivity index (χ1n) is 13.2. The number of carbonyl (C=O) groups excluding carboxylic acids is 1. The van der Waals surface area contributed by atoms with Crippen LogP contribution in [0, 0.1) is 46.3 Å². The van der Waals surface area contributed by atoms with Gasteiger partial charge < -0.3 is 0 Å². The van der Waals surface area contributed by atoms with Crippen molar-refractivity contribution in [3.63, 3.8) is 0 Å². The van der Waals surface area contributed by atoms with Crippen LogP contribution in [0.5, 0.6) is 0 Å². The summed E-state index contributed by atoms with van der Waals surface area (Å²) in [6.07, 6.45) is 17.7. The average molecular weight is 434 g/mol. The fourth-order valence-electron chi connectivity index (χ4n) is 9.27. The highest BCUT2D eigenvalue weighted by atomic mass is 16.1. The molecule has 0 bridgehead atoms. The molecular formula is C28H39N3O. The van der Waals surface area contributed by atoms with E-state index in [9.17, 15) is 4.79 Å². The maximum Gasteiger partial charge on any atom is 0.157 e. The van der Waals surface area contributed by atoms with Crippen molar-refractivity contribution in [2.45, 2.75) is 85.1 Å². The van der Waals surface area contributed by atoms with Crippen LogP contribution in [0.3, 0.4) is 0 Å². The fraction of sp³-hybridized carbons (Fsp3) is 0.750. The molecule has 0 radical (unpaired) electrons. The van der Waals surface area contributed by atoms with Crippen molar-refractivity contribution in [2.75, 3.05) is 0 Å². The lowest BCUT2D eigenvalue weighted by Gasteiger charge is -2.61. The van der Waals surface area contributed by atoms with Gasteiger partial charge in [0.05, 0.1) is 12.7 Å². The molecule has 8 atom stereocenters. The SMILES string of the molecule is CC1CCC2(C)C(CC[C@@H]3C2CCC2(C)C(C(=O)Cn4cc5ccncc5n4)CCC32)C1. The summed E-state index contributed by atoms with van der Waals surface area (Å²) in [6.45, 7) is 8.01. The van der Waals surface area contributed by atoms with Crippen LogP contribution in [0.25, 0.3) is 10.9 Å². The van der Waals surface area contributed by atoms with Gasteiger partial charge in [0.15, 0.2) is 5.78 Å². The third-order valence-electron chi connectivity index (χ3n) is 11.0. The quantitative estimate of drug-likeness (QED) is 0.571. The normalized spacial score (nSPS) is 43.5. The smallest absolute Gasteiger partial charge is 0.157 e. The summed E-state index contributed by atoms with van der Waals surface area (Å²) in [4.78, 5) is 17.7. The second-order valence-corrected chi connectivity index (χ2v) is 12.4. The summed E-state index contributed by atoms with van der Waals surface area (Å²) in [5, 5.41) is 5.68. The standard InChI is InChI=1S/C28H39N3O/c1-18-8-11-27(2)20(14-18)4-5-21-22-6-7-24(28(22,3)12-9-23(21)27)26(32)17-31-16-19-10-13-29-15-25(19)30-31/h10,13,15-16,18,20-24H,4-9,11-12,14,17H2,1-3H3/t18?,20?,21-,22?,23?,24?,27?,28?/m0/s1. The van der Waals surface area contributed by atoms with E-state index >= 15 is 0 Å². The van der Waals surface area contributed by atoms with E-state index in [0.29, 0.717) is 17.7 Å². The molecule has 0 aliphatic heterocycles. The summed E-state index contributed by atoms with van der Waals surface area (Å²) in [5.41, 5.74) is 1.63. The predicted molar refractivity (Wildman–Crippen MR) is 127 cm³/mol. The second-order valence-electron chi connectivity index (χ2n) is 12.4. The molecule has 2 heterocycles. The van der Waals surface area contributed by atoms with Gasteiger partial charge in [-0.3, -0.25) is 14.5 Å². The third kappa shape index (κ3) is 3.04. The van der Waals surface area contributed by atoms with Gasteiger partial charge in [-0.1, -0.05) is 27.2 Å². The molecule has 2 aromatic heterocycles. The molecule has 0 amide bonds. The number of aromatic nitrogens is 3. The minimum Gasteiger partial charge on any atom is -0.297 e. The number of hydrogen-bond donors (Lipinski definition) is 0. The summed E-state index contributed by atoms with van der Waals surface area (Å²) in [7, 11) is 0. The Balaban J connectivity index is 1.21. The van der Waals surface area contributed by atoms with Gasteiger partial charge in [0.2, 0.25) is 0 Å². The predicted octanol–water partition coefficient (Wildman–Crippen LogP) is 6.30. The van der Waals surface area contributed by atoms with Gasteiger partial charge in [-0.25, -0.2) is 0 Å². The minimum atomic E-state index is 0.192. The number of hydrogen-bond acceptors (Lipinski definition) is 3. The number of nitrogens with zero attached hydrogens (tertiary/aromatic N) is 3.